The Balaban J connectivity index is 1.65. The van der Waals surface area contributed by atoms with E-state index in [2.05, 4.69) is 22.3 Å². The second-order valence-corrected chi connectivity index (χ2v) is 6.15. The van der Waals surface area contributed by atoms with Crippen molar-refractivity contribution in [3.05, 3.63) is 29.3 Å². The second-order valence-electron chi connectivity index (χ2n) is 5.72. The van der Waals surface area contributed by atoms with E-state index in [0.29, 0.717) is 16.8 Å². The lowest BCUT2D eigenvalue weighted by molar-refractivity contribution is -0.133. The molecule has 1 aromatic carbocycles. The smallest absolute Gasteiger partial charge is 0.246 e. The number of benzene rings is 1. The minimum absolute atomic E-state index is 0.0435. The number of carbonyl (C=O) groups excluding carboxylic acids is 1. The molecule has 1 saturated heterocycles. The lowest BCUT2D eigenvalue weighted by atomic mass is 9.99. The molecule has 6 nitrogen and oxygen atoms in total. The van der Waals surface area contributed by atoms with Gasteiger partial charge in [-0.2, -0.15) is 4.80 Å². The Hall–Kier alpha value is -1.95. The van der Waals surface area contributed by atoms with Gasteiger partial charge in [-0.05, 0) is 36.1 Å². The highest BCUT2D eigenvalue weighted by molar-refractivity contribution is 6.30. The van der Waals surface area contributed by atoms with Crippen LogP contribution in [-0.4, -0.2) is 44.1 Å². The Labute approximate surface area is 134 Å². The fourth-order valence-electron chi connectivity index (χ4n) is 2.53. The third-order valence-corrected chi connectivity index (χ3v) is 4.18. The molecule has 1 aromatic heterocycles. The molecular weight excluding hydrogens is 302 g/mol. The maximum absolute atomic E-state index is 12.3. The third-order valence-electron chi connectivity index (χ3n) is 3.95. The number of aromatic nitrogens is 4. The van der Waals surface area contributed by atoms with Gasteiger partial charge in [0.15, 0.2) is 0 Å². The van der Waals surface area contributed by atoms with Crippen LogP contribution in [0.5, 0.6) is 0 Å². The molecule has 3 rings (SSSR count). The fraction of sp³-hybridized carbons (Fsp3) is 0.467. The molecule has 1 fully saturated rings. The first-order chi connectivity index (χ1) is 10.6. The standard InChI is InChI=1S/C15H18ClN5O/c1-11-5-7-20(8-6-11)14(22)10-21-18-15(17-19-21)12-3-2-4-13(16)9-12/h2-4,9,11H,5-8,10H2,1H3. The van der Waals surface area contributed by atoms with Gasteiger partial charge in [0.2, 0.25) is 11.7 Å². The summed E-state index contributed by atoms with van der Waals surface area (Å²) in [4.78, 5) is 15.5. The molecule has 1 aliphatic rings. The third kappa shape index (κ3) is 3.44. The van der Waals surface area contributed by atoms with E-state index >= 15 is 0 Å². The molecule has 0 atom stereocenters. The molecule has 0 radical (unpaired) electrons. The summed E-state index contributed by atoms with van der Waals surface area (Å²) in [6.07, 6.45) is 2.12. The number of rotatable bonds is 3. The predicted molar refractivity (Wildman–Crippen MR) is 83.2 cm³/mol. The first kappa shape index (κ1) is 15.0. The molecule has 22 heavy (non-hydrogen) atoms. The molecular formula is C15H18ClN5O. The zero-order chi connectivity index (χ0) is 15.5. The van der Waals surface area contributed by atoms with Crippen LogP contribution in [0.1, 0.15) is 19.8 Å². The Morgan fingerprint density at radius 2 is 2.14 bits per heavy atom. The van der Waals surface area contributed by atoms with Crippen molar-refractivity contribution in [2.24, 2.45) is 5.92 Å². The highest BCUT2D eigenvalue weighted by Crippen LogP contribution is 2.19. The van der Waals surface area contributed by atoms with E-state index in [1.165, 1.54) is 4.80 Å². The Bertz CT molecular complexity index is 663. The molecule has 0 unspecified atom stereocenters. The number of hydrogen-bond acceptors (Lipinski definition) is 4. The van der Waals surface area contributed by atoms with Crippen LogP contribution in [0.2, 0.25) is 5.02 Å². The molecule has 0 spiro atoms. The van der Waals surface area contributed by atoms with Crippen LogP contribution < -0.4 is 0 Å². The van der Waals surface area contributed by atoms with Gasteiger partial charge in [-0.3, -0.25) is 4.79 Å². The Morgan fingerprint density at radius 1 is 1.36 bits per heavy atom. The average molecular weight is 320 g/mol. The van der Waals surface area contributed by atoms with Crippen molar-refractivity contribution in [1.82, 2.24) is 25.1 Å². The van der Waals surface area contributed by atoms with Gasteiger partial charge < -0.3 is 4.90 Å². The Morgan fingerprint density at radius 3 is 2.86 bits per heavy atom. The SMILES string of the molecule is CC1CCN(C(=O)Cn2nnc(-c3cccc(Cl)c3)n2)CC1. The summed E-state index contributed by atoms with van der Waals surface area (Å²) in [6.45, 7) is 3.98. The second kappa shape index (κ2) is 6.44. The zero-order valence-corrected chi connectivity index (χ0v) is 13.2. The van der Waals surface area contributed by atoms with Crippen LogP contribution in [0.15, 0.2) is 24.3 Å². The molecule has 116 valence electrons. The highest BCUT2D eigenvalue weighted by Gasteiger charge is 2.21. The summed E-state index contributed by atoms with van der Waals surface area (Å²) in [5.74, 6) is 1.22. The number of halogens is 1. The molecule has 0 aliphatic carbocycles. The van der Waals surface area contributed by atoms with Crippen LogP contribution >= 0.6 is 11.6 Å². The van der Waals surface area contributed by atoms with Crippen LogP contribution in [0, 0.1) is 5.92 Å². The molecule has 0 saturated carbocycles. The van der Waals surface area contributed by atoms with Crippen molar-refractivity contribution in [2.45, 2.75) is 26.3 Å². The lowest BCUT2D eigenvalue weighted by Gasteiger charge is -2.30. The monoisotopic (exact) mass is 319 g/mol. The molecule has 2 aromatic rings. The van der Waals surface area contributed by atoms with Crippen LogP contribution in [0.4, 0.5) is 0 Å². The van der Waals surface area contributed by atoms with Gasteiger partial charge >= 0.3 is 0 Å². The maximum atomic E-state index is 12.3. The molecule has 1 amide bonds. The minimum Gasteiger partial charge on any atom is -0.341 e. The number of amides is 1. The Kier molecular flexibility index (Phi) is 4.38. The summed E-state index contributed by atoms with van der Waals surface area (Å²) in [5.41, 5.74) is 0.790. The van der Waals surface area contributed by atoms with E-state index in [4.69, 9.17) is 11.6 Å². The van der Waals surface area contributed by atoms with E-state index in [1.807, 2.05) is 17.0 Å². The lowest BCUT2D eigenvalue weighted by Crippen LogP contribution is -2.40. The highest BCUT2D eigenvalue weighted by atomic mass is 35.5. The van der Waals surface area contributed by atoms with Crippen LogP contribution in [0.25, 0.3) is 11.4 Å². The normalized spacial score (nSPS) is 16.0. The maximum Gasteiger partial charge on any atom is 0.246 e. The van der Waals surface area contributed by atoms with E-state index in [0.717, 1.165) is 31.5 Å². The summed E-state index contributed by atoms with van der Waals surface area (Å²) in [6, 6.07) is 7.26. The summed E-state index contributed by atoms with van der Waals surface area (Å²) >= 11 is 5.96. The van der Waals surface area contributed by atoms with Crippen molar-refractivity contribution >= 4 is 17.5 Å². The average Bonchev–Trinajstić information content (AvgIpc) is 2.96. The van der Waals surface area contributed by atoms with E-state index in [-0.39, 0.29) is 12.5 Å². The van der Waals surface area contributed by atoms with Crippen LogP contribution in [0.3, 0.4) is 0 Å². The molecule has 2 heterocycles. The molecule has 0 bridgehead atoms. The number of piperidine rings is 1. The van der Waals surface area contributed by atoms with Gasteiger partial charge in [-0.25, -0.2) is 0 Å². The van der Waals surface area contributed by atoms with Crippen molar-refractivity contribution in [2.75, 3.05) is 13.1 Å². The van der Waals surface area contributed by atoms with Crippen LogP contribution in [-0.2, 0) is 11.3 Å². The topological polar surface area (TPSA) is 63.9 Å². The summed E-state index contributed by atoms with van der Waals surface area (Å²) < 4.78 is 0. The first-order valence-corrected chi connectivity index (χ1v) is 7.81. The number of carbonyl (C=O) groups is 1. The van der Waals surface area contributed by atoms with Gasteiger partial charge in [0, 0.05) is 23.7 Å². The number of tetrazole rings is 1. The first-order valence-electron chi connectivity index (χ1n) is 7.43. The van der Waals surface area contributed by atoms with Crippen molar-refractivity contribution < 1.29 is 4.79 Å². The van der Waals surface area contributed by atoms with Gasteiger partial charge in [0.05, 0.1) is 0 Å². The quantitative estimate of drug-likeness (QED) is 0.870. The van der Waals surface area contributed by atoms with Crippen molar-refractivity contribution in [1.29, 1.82) is 0 Å². The number of nitrogens with zero attached hydrogens (tertiary/aromatic N) is 5. The van der Waals surface area contributed by atoms with Gasteiger partial charge in [0.25, 0.3) is 0 Å². The molecule has 0 N–H and O–H groups in total. The summed E-state index contributed by atoms with van der Waals surface area (Å²) in [5, 5.41) is 12.8. The molecule has 1 aliphatic heterocycles. The van der Waals surface area contributed by atoms with E-state index < -0.39 is 0 Å². The van der Waals surface area contributed by atoms with Gasteiger partial charge in [-0.1, -0.05) is 30.7 Å². The molecule has 7 heteroatoms. The number of hydrogen-bond donors (Lipinski definition) is 0. The van der Waals surface area contributed by atoms with E-state index in [1.54, 1.807) is 12.1 Å². The predicted octanol–water partition coefficient (Wildman–Crippen LogP) is 2.25. The number of likely N-dealkylation sites (tertiary alicyclic amines) is 1. The largest absolute Gasteiger partial charge is 0.341 e. The van der Waals surface area contributed by atoms with Crippen molar-refractivity contribution in [3.8, 4) is 11.4 Å². The summed E-state index contributed by atoms with van der Waals surface area (Å²) in [7, 11) is 0. The van der Waals surface area contributed by atoms with Gasteiger partial charge in [0.1, 0.15) is 6.54 Å². The fourth-order valence-corrected chi connectivity index (χ4v) is 2.72. The van der Waals surface area contributed by atoms with Crippen molar-refractivity contribution in [3.63, 3.8) is 0 Å². The van der Waals surface area contributed by atoms with E-state index in [9.17, 15) is 4.79 Å². The van der Waals surface area contributed by atoms with Gasteiger partial charge in [-0.15, -0.1) is 10.2 Å². The zero-order valence-electron chi connectivity index (χ0n) is 12.4. The minimum atomic E-state index is 0.0435.